The molecule has 1 aromatic rings. The number of rotatable bonds is 6. The quantitative estimate of drug-likeness (QED) is 0.831. The van der Waals surface area contributed by atoms with Crippen LogP contribution in [0.25, 0.3) is 0 Å². The highest BCUT2D eigenvalue weighted by Crippen LogP contribution is 2.10. The molecule has 0 aromatic heterocycles. The van der Waals surface area contributed by atoms with E-state index in [1.165, 1.54) is 0 Å². The first-order valence-electron chi connectivity index (χ1n) is 5.77. The smallest absolute Gasteiger partial charge is 0.308 e. The molecule has 0 aliphatic carbocycles. The average Bonchev–Trinajstić information content (AvgIpc) is 2.32. The molecule has 0 radical (unpaired) electrons. The van der Waals surface area contributed by atoms with Crippen LogP contribution in [0.15, 0.2) is 24.3 Å². The van der Waals surface area contributed by atoms with E-state index >= 15 is 0 Å². The monoisotopic (exact) mass is 269 g/mol. The SMILES string of the molecule is CCC(CNC(=O)Cc1ccc(Cl)cc1)C(=O)O. The molecule has 1 rings (SSSR count). The Bertz CT molecular complexity index is 417. The number of carboxylic acids is 1. The summed E-state index contributed by atoms with van der Waals surface area (Å²) in [6.07, 6.45) is 0.726. The van der Waals surface area contributed by atoms with Crippen LogP contribution in [0.1, 0.15) is 18.9 Å². The van der Waals surface area contributed by atoms with Gasteiger partial charge in [-0.2, -0.15) is 0 Å². The summed E-state index contributed by atoms with van der Waals surface area (Å²) in [5.41, 5.74) is 0.847. The minimum absolute atomic E-state index is 0.165. The van der Waals surface area contributed by atoms with Crippen molar-refractivity contribution >= 4 is 23.5 Å². The molecule has 98 valence electrons. The molecule has 0 saturated carbocycles. The number of carbonyl (C=O) groups excluding carboxylic acids is 1. The van der Waals surface area contributed by atoms with Gasteiger partial charge in [-0.1, -0.05) is 30.7 Å². The Labute approximate surface area is 111 Å². The number of amides is 1. The zero-order chi connectivity index (χ0) is 13.5. The van der Waals surface area contributed by atoms with Crippen LogP contribution in [0.5, 0.6) is 0 Å². The number of hydrogen-bond donors (Lipinski definition) is 2. The molecule has 1 atom stereocenters. The lowest BCUT2D eigenvalue weighted by atomic mass is 10.1. The molecule has 0 aliphatic rings. The Morgan fingerprint density at radius 2 is 1.94 bits per heavy atom. The van der Waals surface area contributed by atoms with Crippen LogP contribution in [0, 0.1) is 5.92 Å². The Kier molecular flexibility index (Phi) is 5.65. The standard InChI is InChI=1S/C13H16ClNO3/c1-2-10(13(17)18)8-15-12(16)7-9-3-5-11(14)6-4-9/h3-6,10H,2,7-8H2,1H3,(H,15,16)(H,17,18). The number of benzene rings is 1. The molecule has 0 bridgehead atoms. The van der Waals surface area contributed by atoms with Gasteiger partial charge in [0.25, 0.3) is 0 Å². The summed E-state index contributed by atoms with van der Waals surface area (Å²) < 4.78 is 0. The van der Waals surface area contributed by atoms with Gasteiger partial charge in [-0.15, -0.1) is 0 Å². The van der Waals surface area contributed by atoms with E-state index < -0.39 is 11.9 Å². The summed E-state index contributed by atoms with van der Waals surface area (Å²) in [5, 5.41) is 12.1. The molecule has 1 aromatic carbocycles. The molecule has 1 amide bonds. The highest BCUT2D eigenvalue weighted by Gasteiger charge is 2.15. The van der Waals surface area contributed by atoms with E-state index in [0.717, 1.165) is 5.56 Å². The molecule has 0 aliphatic heterocycles. The lowest BCUT2D eigenvalue weighted by Gasteiger charge is -2.11. The third-order valence-electron chi connectivity index (χ3n) is 2.67. The zero-order valence-corrected chi connectivity index (χ0v) is 10.9. The van der Waals surface area contributed by atoms with E-state index in [-0.39, 0.29) is 18.9 Å². The normalized spacial score (nSPS) is 11.9. The van der Waals surface area contributed by atoms with Crippen LogP contribution in [-0.2, 0) is 16.0 Å². The molecule has 0 heterocycles. The van der Waals surface area contributed by atoms with Crippen molar-refractivity contribution in [2.24, 2.45) is 5.92 Å². The fourth-order valence-corrected chi connectivity index (χ4v) is 1.62. The Hall–Kier alpha value is -1.55. The van der Waals surface area contributed by atoms with E-state index in [9.17, 15) is 9.59 Å². The van der Waals surface area contributed by atoms with Crippen molar-refractivity contribution < 1.29 is 14.7 Å². The van der Waals surface area contributed by atoms with Crippen LogP contribution in [-0.4, -0.2) is 23.5 Å². The molecule has 5 heteroatoms. The summed E-state index contributed by atoms with van der Waals surface area (Å²) >= 11 is 5.74. The fraction of sp³-hybridized carbons (Fsp3) is 0.385. The zero-order valence-electron chi connectivity index (χ0n) is 10.1. The molecule has 4 nitrogen and oxygen atoms in total. The van der Waals surface area contributed by atoms with Crippen molar-refractivity contribution in [3.63, 3.8) is 0 Å². The summed E-state index contributed by atoms with van der Waals surface area (Å²) in [5.74, 6) is -1.60. The van der Waals surface area contributed by atoms with Crippen molar-refractivity contribution in [2.75, 3.05) is 6.54 Å². The lowest BCUT2D eigenvalue weighted by Crippen LogP contribution is -2.33. The number of aliphatic carboxylic acids is 1. The molecular formula is C13H16ClNO3. The second kappa shape index (κ2) is 7.01. The predicted molar refractivity (Wildman–Crippen MR) is 69.6 cm³/mol. The summed E-state index contributed by atoms with van der Waals surface area (Å²) in [6, 6.07) is 6.99. The van der Waals surface area contributed by atoms with Crippen molar-refractivity contribution in [3.8, 4) is 0 Å². The number of carbonyl (C=O) groups is 2. The average molecular weight is 270 g/mol. The second-order valence-electron chi connectivity index (χ2n) is 4.05. The molecule has 2 N–H and O–H groups in total. The lowest BCUT2D eigenvalue weighted by molar-refractivity contribution is -0.141. The Morgan fingerprint density at radius 3 is 2.44 bits per heavy atom. The van der Waals surface area contributed by atoms with Crippen molar-refractivity contribution in [1.29, 1.82) is 0 Å². The molecule has 0 saturated heterocycles. The van der Waals surface area contributed by atoms with Gasteiger partial charge in [0.2, 0.25) is 5.91 Å². The van der Waals surface area contributed by atoms with E-state index in [4.69, 9.17) is 16.7 Å². The highest BCUT2D eigenvalue weighted by atomic mass is 35.5. The second-order valence-corrected chi connectivity index (χ2v) is 4.49. The van der Waals surface area contributed by atoms with Gasteiger partial charge >= 0.3 is 5.97 Å². The van der Waals surface area contributed by atoms with Gasteiger partial charge in [-0.25, -0.2) is 0 Å². The van der Waals surface area contributed by atoms with Crippen LogP contribution >= 0.6 is 11.6 Å². The maximum atomic E-state index is 11.6. The maximum absolute atomic E-state index is 11.6. The number of nitrogens with one attached hydrogen (secondary N) is 1. The number of halogens is 1. The van der Waals surface area contributed by atoms with Crippen LogP contribution in [0.2, 0.25) is 5.02 Å². The van der Waals surface area contributed by atoms with Gasteiger partial charge in [0.05, 0.1) is 12.3 Å². The van der Waals surface area contributed by atoms with Crippen molar-refractivity contribution in [2.45, 2.75) is 19.8 Å². The Morgan fingerprint density at radius 1 is 1.33 bits per heavy atom. The highest BCUT2D eigenvalue weighted by molar-refractivity contribution is 6.30. The largest absolute Gasteiger partial charge is 0.481 e. The van der Waals surface area contributed by atoms with Gasteiger partial charge in [0.1, 0.15) is 0 Å². The summed E-state index contributed by atoms with van der Waals surface area (Å²) in [7, 11) is 0. The van der Waals surface area contributed by atoms with Crippen molar-refractivity contribution in [1.82, 2.24) is 5.32 Å². The predicted octanol–water partition coefficient (Wildman–Crippen LogP) is 2.11. The minimum atomic E-state index is -0.885. The molecular weight excluding hydrogens is 254 g/mol. The molecule has 1 unspecified atom stereocenters. The van der Waals surface area contributed by atoms with Gasteiger partial charge < -0.3 is 10.4 Å². The minimum Gasteiger partial charge on any atom is -0.481 e. The molecule has 0 spiro atoms. The Balaban J connectivity index is 2.42. The van der Waals surface area contributed by atoms with Crippen LogP contribution in [0.4, 0.5) is 0 Å². The first-order chi connectivity index (χ1) is 8.52. The van der Waals surface area contributed by atoms with Crippen LogP contribution in [0.3, 0.4) is 0 Å². The van der Waals surface area contributed by atoms with E-state index in [1.54, 1.807) is 31.2 Å². The molecule has 18 heavy (non-hydrogen) atoms. The topological polar surface area (TPSA) is 66.4 Å². The number of hydrogen-bond acceptors (Lipinski definition) is 2. The first-order valence-corrected chi connectivity index (χ1v) is 6.14. The van der Waals surface area contributed by atoms with Crippen molar-refractivity contribution in [3.05, 3.63) is 34.9 Å². The van der Waals surface area contributed by atoms with E-state index in [1.807, 2.05) is 0 Å². The maximum Gasteiger partial charge on any atom is 0.308 e. The van der Waals surface area contributed by atoms with Gasteiger partial charge in [0.15, 0.2) is 0 Å². The van der Waals surface area contributed by atoms with Gasteiger partial charge in [-0.05, 0) is 24.1 Å². The number of carboxylic acid groups (broad SMARTS) is 1. The van der Waals surface area contributed by atoms with E-state index in [0.29, 0.717) is 11.4 Å². The van der Waals surface area contributed by atoms with Gasteiger partial charge in [-0.3, -0.25) is 9.59 Å². The third kappa shape index (κ3) is 4.75. The summed E-state index contributed by atoms with van der Waals surface area (Å²) in [6.45, 7) is 1.95. The first kappa shape index (κ1) is 14.5. The fourth-order valence-electron chi connectivity index (χ4n) is 1.49. The van der Waals surface area contributed by atoms with Crippen LogP contribution < -0.4 is 5.32 Å². The third-order valence-corrected chi connectivity index (χ3v) is 2.92. The molecule has 0 fully saturated rings. The van der Waals surface area contributed by atoms with E-state index in [2.05, 4.69) is 5.32 Å². The summed E-state index contributed by atoms with van der Waals surface area (Å²) in [4.78, 5) is 22.4. The van der Waals surface area contributed by atoms with Gasteiger partial charge in [0, 0.05) is 11.6 Å².